The topological polar surface area (TPSA) is 40.7 Å². The van der Waals surface area contributed by atoms with Crippen LogP contribution in [0, 0.1) is 0 Å². The van der Waals surface area contributed by atoms with E-state index in [-0.39, 0.29) is 0 Å². The van der Waals surface area contributed by atoms with Crippen molar-refractivity contribution in [3.8, 4) is 0 Å². The van der Waals surface area contributed by atoms with Crippen molar-refractivity contribution in [1.29, 1.82) is 0 Å². The van der Waals surface area contributed by atoms with E-state index in [0.717, 1.165) is 13.0 Å². The predicted octanol–water partition coefficient (Wildman–Crippen LogP) is 3.46. The van der Waals surface area contributed by atoms with Crippen molar-refractivity contribution in [2.75, 3.05) is 6.54 Å². The number of para-hydroxylation sites is 1. The van der Waals surface area contributed by atoms with Gasteiger partial charge in [-0.25, -0.2) is 0 Å². The summed E-state index contributed by atoms with van der Waals surface area (Å²) in [5.41, 5.74) is 3.86. The number of rotatable bonds is 5. The van der Waals surface area contributed by atoms with Gasteiger partial charge in [0.15, 0.2) is 0 Å². The average Bonchev–Trinajstić information content (AvgIpc) is 2.92. The summed E-state index contributed by atoms with van der Waals surface area (Å²) in [6.07, 6.45) is 6.82. The second-order valence-corrected chi connectivity index (χ2v) is 5.07. The number of H-pyrrole nitrogens is 1. The third kappa shape index (κ3) is 2.73. The molecule has 0 fully saturated rings. The first-order valence-corrected chi connectivity index (χ1v) is 7.03. The molecule has 0 unspecified atom stereocenters. The van der Waals surface area contributed by atoms with Crippen LogP contribution in [0.5, 0.6) is 0 Å². The van der Waals surface area contributed by atoms with Gasteiger partial charge in [-0.3, -0.25) is 4.98 Å². The minimum absolute atomic E-state index is 0.350. The lowest BCUT2D eigenvalue weighted by molar-refractivity contribution is 0.577. The van der Waals surface area contributed by atoms with E-state index in [1.165, 1.54) is 22.0 Å². The SMILES string of the molecule is C[C@H](NCCc1c[nH]c2ccccc12)c1ccncc1. The van der Waals surface area contributed by atoms with Crippen LogP contribution < -0.4 is 5.32 Å². The minimum Gasteiger partial charge on any atom is -0.361 e. The van der Waals surface area contributed by atoms with Gasteiger partial charge in [0, 0.05) is 35.5 Å². The summed E-state index contributed by atoms with van der Waals surface area (Å²) in [7, 11) is 0. The Morgan fingerprint density at radius 2 is 1.95 bits per heavy atom. The van der Waals surface area contributed by atoms with Crippen LogP contribution in [-0.4, -0.2) is 16.5 Å². The quantitative estimate of drug-likeness (QED) is 0.741. The summed E-state index contributed by atoms with van der Waals surface area (Å²) < 4.78 is 0. The number of aromatic nitrogens is 2. The van der Waals surface area contributed by atoms with Crippen LogP contribution in [0.3, 0.4) is 0 Å². The third-order valence-electron chi connectivity index (χ3n) is 3.73. The average molecular weight is 265 g/mol. The largest absolute Gasteiger partial charge is 0.361 e. The summed E-state index contributed by atoms with van der Waals surface area (Å²) in [4.78, 5) is 7.37. The van der Waals surface area contributed by atoms with E-state index in [2.05, 4.69) is 64.8 Å². The number of benzene rings is 1. The molecule has 3 rings (SSSR count). The van der Waals surface area contributed by atoms with Crippen molar-refractivity contribution in [2.24, 2.45) is 0 Å². The smallest absolute Gasteiger partial charge is 0.0456 e. The number of hydrogen-bond acceptors (Lipinski definition) is 2. The van der Waals surface area contributed by atoms with Crippen molar-refractivity contribution in [1.82, 2.24) is 15.3 Å². The van der Waals surface area contributed by atoms with Crippen LogP contribution in [-0.2, 0) is 6.42 Å². The van der Waals surface area contributed by atoms with Crippen LogP contribution in [0.1, 0.15) is 24.1 Å². The number of fused-ring (bicyclic) bond motifs is 1. The van der Waals surface area contributed by atoms with Crippen molar-refractivity contribution < 1.29 is 0 Å². The highest BCUT2D eigenvalue weighted by Gasteiger charge is 2.06. The van der Waals surface area contributed by atoms with Gasteiger partial charge >= 0.3 is 0 Å². The molecular weight excluding hydrogens is 246 g/mol. The molecule has 0 spiro atoms. The molecule has 1 aromatic carbocycles. The summed E-state index contributed by atoms with van der Waals surface area (Å²) in [5, 5.41) is 4.89. The maximum absolute atomic E-state index is 4.05. The zero-order chi connectivity index (χ0) is 13.8. The Hall–Kier alpha value is -2.13. The number of nitrogens with one attached hydrogen (secondary N) is 2. The molecule has 2 aromatic heterocycles. The Labute approximate surface area is 119 Å². The molecule has 0 saturated heterocycles. The molecule has 0 bridgehead atoms. The van der Waals surface area contributed by atoms with Gasteiger partial charge in [-0.1, -0.05) is 18.2 Å². The second kappa shape index (κ2) is 5.88. The summed E-state index contributed by atoms with van der Waals surface area (Å²) in [6.45, 7) is 3.15. The first-order chi connectivity index (χ1) is 9.84. The lowest BCUT2D eigenvalue weighted by Gasteiger charge is -2.13. The monoisotopic (exact) mass is 265 g/mol. The van der Waals surface area contributed by atoms with Gasteiger partial charge in [0.1, 0.15) is 0 Å². The Balaban J connectivity index is 1.60. The maximum Gasteiger partial charge on any atom is 0.0456 e. The van der Waals surface area contributed by atoms with E-state index in [1.54, 1.807) is 0 Å². The Morgan fingerprint density at radius 1 is 1.15 bits per heavy atom. The molecule has 0 radical (unpaired) electrons. The summed E-state index contributed by atoms with van der Waals surface area (Å²) in [5.74, 6) is 0. The first kappa shape index (κ1) is 12.9. The Morgan fingerprint density at radius 3 is 2.80 bits per heavy atom. The number of hydrogen-bond donors (Lipinski definition) is 2. The third-order valence-corrected chi connectivity index (χ3v) is 3.73. The van der Waals surface area contributed by atoms with E-state index < -0.39 is 0 Å². The standard InChI is InChI=1S/C17H19N3/c1-13(14-6-9-18-10-7-14)19-11-8-15-12-20-17-5-3-2-4-16(15)17/h2-7,9-10,12-13,19-20H,8,11H2,1H3/t13-/m0/s1. The molecule has 3 heteroatoms. The Kier molecular flexibility index (Phi) is 3.79. The van der Waals surface area contributed by atoms with Crippen LogP contribution in [0.2, 0.25) is 0 Å². The molecule has 2 heterocycles. The number of nitrogens with zero attached hydrogens (tertiary/aromatic N) is 1. The second-order valence-electron chi connectivity index (χ2n) is 5.07. The molecule has 2 N–H and O–H groups in total. The highest BCUT2D eigenvalue weighted by molar-refractivity contribution is 5.83. The molecular formula is C17H19N3. The molecule has 0 aliphatic heterocycles. The molecule has 3 aromatic rings. The van der Waals surface area contributed by atoms with Crippen LogP contribution in [0.15, 0.2) is 55.0 Å². The summed E-state index contributed by atoms with van der Waals surface area (Å²) in [6, 6.07) is 12.9. The van der Waals surface area contributed by atoms with Gasteiger partial charge in [-0.05, 0) is 49.2 Å². The van der Waals surface area contributed by atoms with Gasteiger partial charge in [0.25, 0.3) is 0 Å². The van der Waals surface area contributed by atoms with Gasteiger partial charge in [-0.15, -0.1) is 0 Å². The van der Waals surface area contributed by atoms with Gasteiger partial charge in [0.05, 0.1) is 0 Å². The maximum atomic E-state index is 4.05. The minimum atomic E-state index is 0.350. The van der Waals surface area contributed by atoms with Crippen LogP contribution >= 0.6 is 0 Å². The number of aromatic amines is 1. The van der Waals surface area contributed by atoms with Crippen LogP contribution in [0.25, 0.3) is 10.9 Å². The highest BCUT2D eigenvalue weighted by Crippen LogP contribution is 2.18. The summed E-state index contributed by atoms with van der Waals surface area (Å²) >= 11 is 0. The fourth-order valence-corrected chi connectivity index (χ4v) is 2.53. The van der Waals surface area contributed by atoms with E-state index in [9.17, 15) is 0 Å². The van der Waals surface area contributed by atoms with Crippen molar-refractivity contribution in [3.63, 3.8) is 0 Å². The normalized spacial score (nSPS) is 12.7. The molecule has 3 nitrogen and oxygen atoms in total. The van der Waals surface area contributed by atoms with Gasteiger partial charge in [-0.2, -0.15) is 0 Å². The van der Waals surface area contributed by atoms with Gasteiger partial charge < -0.3 is 10.3 Å². The molecule has 20 heavy (non-hydrogen) atoms. The highest BCUT2D eigenvalue weighted by atomic mass is 14.9. The Bertz CT molecular complexity index is 673. The zero-order valence-corrected chi connectivity index (χ0v) is 11.6. The zero-order valence-electron chi connectivity index (χ0n) is 11.6. The van der Waals surface area contributed by atoms with Crippen molar-refractivity contribution in [2.45, 2.75) is 19.4 Å². The van der Waals surface area contributed by atoms with E-state index in [1.807, 2.05) is 12.4 Å². The van der Waals surface area contributed by atoms with E-state index >= 15 is 0 Å². The molecule has 0 saturated carbocycles. The lowest BCUT2D eigenvalue weighted by Crippen LogP contribution is -2.21. The molecule has 0 aliphatic rings. The van der Waals surface area contributed by atoms with E-state index in [4.69, 9.17) is 0 Å². The molecule has 0 aliphatic carbocycles. The fraction of sp³-hybridized carbons (Fsp3) is 0.235. The lowest BCUT2D eigenvalue weighted by atomic mass is 10.1. The molecule has 1 atom stereocenters. The molecule has 102 valence electrons. The van der Waals surface area contributed by atoms with Gasteiger partial charge in [0.2, 0.25) is 0 Å². The molecule has 0 amide bonds. The van der Waals surface area contributed by atoms with Crippen LogP contribution in [0.4, 0.5) is 0 Å². The van der Waals surface area contributed by atoms with Crippen molar-refractivity contribution >= 4 is 10.9 Å². The predicted molar refractivity (Wildman–Crippen MR) is 82.7 cm³/mol. The first-order valence-electron chi connectivity index (χ1n) is 7.03. The van der Waals surface area contributed by atoms with Crippen molar-refractivity contribution in [3.05, 3.63) is 66.1 Å². The fourth-order valence-electron chi connectivity index (χ4n) is 2.53. The van der Waals surface area contributed by atoms with E-state index in [0.29, 0.717) is 6.04 Å². The number of pyridine rings is 1.